The highest BCUT2D eigenvalue weighted by Crippen LogP contribution is 2.52. The van der Waals surface area contributed by atoms with Crippen molar-refractivity contribution >= 4 is 15.3 Å². The van der Waals surface area contributed by atoms with E-state index in [4.69, 9.17) is 6.42 Å². The number of fused-ring (bicyclic) bond motifs is 2. The summed E-state index contributed by atoms with van der Waals surface area (Å²) in [5.41, 5.74) is -0.194. The van der Waals surface area contributed by atoms with Crippen LogP contribution in [-0.2, 0) is 4.79 Å². The van der Waals surface area contributed by atoms with Gasteiger partial charge in [0.15, 0.2) is 0 Å². The van der Waals surface area contributed by atoms with E-state index in [1.165, 1.54) is 12.8 Å². The van der Waals surface area contributed by atoms with Crippen LogP contribution in [0.1, 0.15) is 25.7 Å². The van der Waals surface area contributed by atoms with Crippen molar-refractivity contribution in [1.29, 1.82) is 0 Å². The summed E-state index contributed by atoms with van der Waals surface area (Å²) in [4.78, 5) is 12.2. The van der Waals surface area contributed by atoms with Crippen molar-refractivity contribution in [3.63, 3.8) is 0 Å². The Balaban J connectivity index is 1.93. The molecule has 4 heteroatoms. The fraction of sp³-hybridized carbons (Fsp3) is 0.750. The van der Waals surface area contributed by atoms with Gasteiger partial charge in [-0.25, -0.2) is 0 Å². The maximum atomic E-state index is 12.2. The summed E-state index contributed by atoms with van der Waals surface area (Å²) in [6.07, 6.45) is 9.93. The molecule has 0 radical (unpaired) electrons. The van der Waals surface area contributed by atoms with Gasteiger partial charge in [-0.05, 0) is 25.2 Å². The highest BCUT2D eigenvalue weighted by molar-refractivity contribution is 7.13. The number of hydrogen-bond acceptors (Lipinski definition) is 2. The minimum Gasteiger partial charge on any atom is -0.353 e. The second kappa shape index (κ2) is 3.45. The van der Waals surface area contributed by atoms with Crippen molar-refractivity contribution < 1.29 is 4.79 Å². The lowest BCUT2D eigenvalue weighted by molar-refractivity contribution is -0.128. The number of rotatable bonds is 0. The van der Waals surface area contributed by atoms with E-state index in [0.29, 0.717) is 12.0 Å². The van der Waals surface area contributed by atoms with Gasteiger partial charge in [-0.15, -0.1) is 6.42 Å². The lowest BCUT2D eigenvalue weighted by Crippen LogP contribution is -2.36. The van der Waals surface area contributed by atoms with E-state index in [1.54, 1.807) is 0 Å². The Hall–Kier alpha value is -0.580. The minimum absolute atomic E-state index is 0.107. The molecule has 3 aliphatic rings. The second-order valence-corrected chi connectivity index (χ2v) is 6.00. The fourth-order valence-electron chi connectivity index (χ4n) is 3.83. The van der Waals surface area contributed by atoms with Crippen molar-refractivity contribution in [2.45, 2.75) is 37.8 Å². The van der Waals surface area contributed by atoms with E-state index in [9.17, 15) is 4.79 Å². The number of amides is 1. The Morgan fingerprint density at radius 2 is 2.38 bits per heavy atom. The number of carbonyl (C=O) groups excluding carboxylic acids is 1. The number of nitrogens with one attached hydrogen (secondary N) is 1. The molecule has 0 aromatic rings. The van der Waals surface area contributed by atoms with Crippen LogP contribution in [0.3, 0.4) is 0 Å². The first-order valence-corrected chi connectivity index (χ1v) is 6.47. The Morgan fingerprint density at radius 1 is 1.56 bits per heavy atom. The van der Waals surface area contributed by atoms with Crippen LogP contribution >= 0.6 is 9.39 Å². The molecule has 2 aliphatic heterocycles. The van der Waals surface area contributed by atoms with Crippen LogP contribution in [-0.4, -0.2) is 29.2 Å². The molecule has 0 aromatic heterocycles. The maximum Gasteiger partial charge on any atom is 0.228 e. The Kier molecular flexibility index (Phi) is 2.28. The summed E-state index contributed by atoms with van der Waals surface area (Å²) in [7, 11) is 2.68. The van der Waals surface area contributed by atoms with E-state index in [-0.39, 0.29) is 17.4 Å². The largest absolute Gasteiger partial charge is 0.353 e. The summed E-state index contributed by atoms with van der Waals surface area (Å²) >= 11 is 0. The highest BCUT2D eigenvalue weighted by Gasteiger charge is 2.60. The van der Waals surface area contributed by atoms with Crippen LogP contribution in [0.25, 0.3) is 0 Å². The lowest BCUT2D eigenvalue weighted by Gasteiger charge is -2.26. The zero-order valence-corrected chi connectivity index (χ0v) is 10.4. The van der Waals surface area contributed by atoms with E-state index in [1.807, 2.05) is 0 Å². The molecule has 2 saturated heterocycles. The Bertz CT molecular complexity index is 378. The second-order valence-electron chi connectivity index (χ2n) is 5.33. The summed E-state index contributed by atoms with van der Waals surface area (Å²) in [5.74, 6) is 3.55. The van der Waals surface area contributed by atoms with Gasteiger partial charge in [0.25, 0.3) is 0 Å². The standard InChI is InChI=1S/C12H17N2OP/c1-2-8-6-12(7-14(8)16)9-4-3-5-10(9)13-11(12)15/h1,8-10H,3-7,16H2,(H,13,15). The first kappa shape index (κ1) is 10.6. The minimum atomic E-state index is -0.194. The van der Waals surface area contributed by atoms with Crippen molar-refractivity contribution in [2.75, 3.05) is 6.54 Å². The normalized spacial score (nSPS) is 47.0. The van der Waals surface area contributed by atoms with Crippen LogP contribution in [0.5, 0.6) is 0 Å². The zero-order valence-electron chi connectivity index (χ0n) is 9.28. The molecule has 1 amide bonds. The molecule has 3 fully saturated rings. The van der Waals surface area contributed by atoms with Crippen molar-refractivity contribution in [1.82, 2.24) is 9.99 Å². The van der Waals surface area contributed by atoms with Crippen LogP contribution in [0, 0.1) is 23.7 Å². The molecule has 1 saturated carbocycles. The predicted molar refractivity (Wildman–Crippen MR) is 65.4 cm³/mol. The molecule has 86 valence electrons. The smallest absolute Gasteiger partial charge is 0.228 e. The maximum absolute atomic E-state index is 12.2. The fourth-order valence-corrected chi connectivity index (χ4v) is 4.34. The molecule has 1 aliphatic carbocycles. The van der Waals surface area contributed by atoms with Gasteiger partial charge in [0.05, 0.1) is 11.5 Å². The Labute approximate surface area is 98.6 Å². The van der Waals surface area contributed by atoms with Gasteiger partial charge in [-0.2, -0.15) is 0 Å². The zero-order chi connectivity index (χ0) is 11.3. The van der Waals surface area contributed by atoms with Crippen LogP contribution in [0.4, 0.5) is 0 Å². The average molecular weight is 236 g/mol. The third kappa shape index (κ3) is 1.21. The van der Waals surface area contributed by atoms with Crippen LogP contribution in [0.15, 0.2) is 0 Å². The SMILES string of the molecule is C#CC1CC2(CN1P)C(=O)NC1CCCC12. The van der Waals surface area contributed by atoms with Gasteiger partial charge in [-0.1, -0.05) is 21.7 Å². The van der Waals surface area contributed by atoms with Gasteiger partial charge in [0.2, 0.25) is 5.91 Å². The lowest BCUT2D eigenvalue weighted by atomic mass is 9.74. The first-order valence-electron chi connectivity index (χ1n) is 5.96. The topological polar surface area (TPSA) is 32.3 Å². The van der Waals surface area contributed by atoms with Gasteiger partial charge in [-0.3, -0.25) is 9.46 Å². The molecule has 1 spiro atoms. The summed E-state index contributed by atoms with van der Waals surface area (Å²) in [6.45, 7) is 0.805. The summed E-state index contributed by atoms with van der Waals surface area (Å²) < 4.78 is 2.08. The van der Waals surface area contributed by atoms with E-state index < -0.39 is 0 Å². The molecular weight excluding hydrogens is 219 g/mol. The molecule has 5 atom stereocenters. The average Bonchev–Trinajstić information content (AvgIpc) is 2.87. The first-order chi connectivity index (χ1) is 7.67. The van der Waals surface area contributed by atoms with E-state index in [0.717, 1.165) is 19.4 Å². The van der Waals surface area contributed by atoms with Crippen LogP contribution < -0.4 is 5.32 Å². The van der Waals surface area contributed by atoms with Gasteiger partial charge >= 0.3 is 0 Å². The highest BCUT2D eigenvalue weighted by atomic mass is 31.0. The molecule has 0 aromatic carbocycles. The number of terminal acetylenes is 1. The van der Waals surface area contributed by atoms with Crippen LogP contribution in [0.2, 0.25) is 0 Å². The number of hydrogen-bond donors (Lipinski definition) is 1. The summed E-state index contributed by atoms with van der Waals surface area (Å²) in [6, 6.07) is 0.525. The molecule has 2 heterocycles. The third-order valence-electron chi connectivity index (χ3n) is 4.61. The molecular formula is C12H17N2OP. The van der Waals surface area contributed by atoms with Crippen molar-refractivity contribution in [3.8, 4) is 12.3 Å². The molecule has 16 heavy (non-hydrogen) atoms. The molecule has 1 N–H and O–H groups in total. The van der Waals surface area contributed by atoms with Crippen molar-refractivity contribution in [3.05, 3.63) is 0 Å². The molecule has 3 nitrogen and oxygen atoms in total. The predicted octanol–water partition coefficient (Wildman–Crippen LogP) is 0.769. The van der Waals surface area contributed by atoms with Gasteiger partial charge in [0, 0.05) is 12.6 Å². The molecule has 5 unspecified atom stereocenters. The van der Waals surface area contributed by atoms with Gasteiger partial charge in [0.1, 0.15) is 0 Å². The number of nitrogens with zero attached hydrogens (tertiary/aromatic N) is 1. The van der Waals surface area contributed by atoms with E-state index >= 15 is 0 Å². The monoisotopic (exact) mass is 236 g/mol. The summed E-state index contributed by atoms with van der Waals surface area (Å²) in [5, 5.41) is 3.17. The third-order valence-corrected chi connectivity index (χ3v) is 5.15. The van der Waals surface area contributed by atoms with Gasteiger partial charge < -0.3 is 5.32 Å². The molecule has 3 rings (SSSR count). The number of carbonyl (C=O) groups is 1. The van der Waals surface area contributed by atoms with Crippen molar-refractivity contribution in [2.24, 2.45) is 11.3 Å². The molecule has 0 bridgehead atoms. The quantitative estimate of drug-likeness (QED) is 0.497. The Morgan fingerprint density at radius 3 is 3.06 bits per heavy atom. The van der Waals surface area contributed by atoms with E-state index in [2.05, 4.69) is 25.3 Å².